The van der Waals surface area contributed by atoms with E-state index in [1.54, 1.807) is 24.1 Å². The number of rotatable bonds is 6. The molecule has 0 aromatic heterocycles. The molecule has 0 spiro atoms. The fourth-order valence-electron chi connectivity index (χ4n) is 2.96. The van der Waals surface area contributed by atoms with Gasteiger partial charge in [0.05, 0.1) is 12.3 Å². The first kappa shape index (κ1) is 18.8. The highest BCUT2D eigenvalue weighted by Gasteiger charge is 2.22. The number of benzene rings is 2. The van der Waals surface area contributed by atoms with Crippen molar-refractivity contribution in [3.05, 3.63) is 71.5 Å². The van der Waals surface area contributed by atoms with Gasteiger partial charge < -0.3 is 4.90 Å². The number of carbonyl (C=O) groups excluding carboxylic acids is 2. The van der Waals surface area contributed by atoms with Crippen molar-refractivity contribution < 1.29 is 14.0 Å². The van der Waals surface area contributed by atoms with E-state index in [0.29, 0.717) is 19.5 Å². The zero-order valence-corrected chi connectivity index (χ0v) is 15.3. The van der Waals surface area contributed by atoms with Crippen LogP contribution < -0.4 is 0 Å². The molecule has 0 saturated carbocycles. The van der Waals surface area contributed by atoms with Gasteiger partial charge in [0.15, 0.2) is 0 Å². The summed E-state index contributed by atoms with van der Waals surface area (Å²) in [5.41, 5.74) is 2.75. The van der Waals surface area contributed by atoms with Crippen molar-refractivity contribution >= 4 is 17.5 Å². The van der Waals surface area contributed by atoms with Crippen LogP contribution in [0.3, 0.4) is 0 Å². The molecular weight excluding hydrogens is 345 g/mol. The van der Waals surface area contributed by atoms with Crippen LogP contribution >= 0.6 is 0 Å². The van der Waals surface area contributed by atoms with E-state index in [4.69, 9.17) is 0 Å². The summed E-state index contributed by atoms with van der Waals surface area (Å²) >= 11 is 0. The fraction of sp³-hybridized carbons (Fsp3) is 0.286. The molecule has 2 aromatic carbocycles. The normalized spacial score (nSPS) is 13.4. The largest absolute Gasteiger partial charge is 0.341 e. The lowest BCUT2D eigenvalue weighted by atomic mass is 10.1. The summed E-state index contributed by atoms with van der Waals surface area (Å²) in [5, 5.41) is 5.85. The second-order valence-electron chi connectivity index (χ2n) is 6.56. The summed E-state index contributed by atoms with van der Waals surface area (Å²) in [7, 11) is 1.68. The molecule has 0 bridgehead atoms. The number of carbonyl (C=O) groups is 2. The third-order valence-electron chi connectivity index (χ3n) is 4.51. The minimum atomic E-state index is -0.306. The van der Waals surface area contributed by atoms with Gasteiger partial charge in [-0.1, -0.05) is 42.5 Å². The zero-order chi connectivity index (χ0) is 19.2. The van der Waals surface area contributed by atoms with Crippen molar-refractivity contribution in [2.75, 3.05) is 13.6 Å². The first-order valence-corrected chi connectivity index (χ1v) is 8.94. The maximum Gasteiger partial charge on any atom is 0.243 e. The topological polar surface area (TPSA) is 53.0 Å². The molecule has 1 aliphatic rings. The number of halogens is 1. The molecule has 0 N–H and O–H groups in total. The lowest BCUT2D eigenvalue weighted by Crippen LogP contribution is -2.29. The second kappa shape index (κ2) is 8.58. The van der Waals surface area contributed by atoms with Crippen LogP contribution in [0, 0.1) is 5.82 Å². The molecule has 0 aliphatic carbocycles. The highest BCUT2D eigenvalue weighted by atomic mass is 19.1. The Labute approximate surface area is 158 Å². The first-order chi connectivity index (χ1) is 13.0. The molecule has 0 atom stereocenters. The molecule has 2 amide bonds. The van der Waals surface area contributed by atoms with E-state index in [1.165, 1.54) is 17.1 Å². The Hall–Kier alpha value is -3.02. The predicted octanol–water partition coefficient (Wildman–Crippen LogP) is 3.20. The van der Waals surface area contributed by atoms with Crippen molar-refractivity contribution in [1.82, 2.24) is 9.91 Å². The maximum atomic E-state index is 12.9. The van der Waals surface area contributed by atoms with Crippen molar-refractivity contribution in [3.63, 3.8) is 0 Å². The van der Waals surface area contributed by atoms with Gasteiger partial charge in [-0.15, -0.1) is 0 Å². The van der Waals surface area contributed by atoms with E-state index in [9.17, 15) is 14.0 Å². The Balaban J connectivity index is 1.49. The molecule has 3 rings (SSSR count). The Kier molecular flexibility index (Phi) is 5.96. The minimum absolute atomic E-state index is 0.123. The molecule has 0 radical (unpaired) electrons. The number of hydrogen-bond donors (Lipinski definition) is 0. The third kappa shape index (κ3) is 5.00. The Morgan fingerprint density at radius 3 is 2.48 bits per heavy atom. The summed E-state index contributed by atoms with van der Waals surface area (Å²) in [6, 6.07) is 15.8. The van der Waals surface area contributed by atoms with E-state index in [1.807, 2.05) is 30.3 Å². The van der Waals surface area contributed by atoms with E-state index >= 15 is 0 Å². The van der Waals surface area contributed by atoms with Crippen LogP contribution in [0.4, 0.5) is 4.39 Å². The lowest BCUT2D eigenvalue weighted by molar-refractivity contribution is -0.136. The van der Waals surface area contributed by atoms with Crippen molar-refractivity contribution in [2.45, 2.75) is 25.8 Å². The van der Waals surface area contributed by atoms with Gasteiger partial charge in [-0.2, -0.15) is 5.10 Å². The van der Waals surface area contributed by atoms with Gasteiger partial charge in [0.25, 0.3) is 0 Å². The highest BCUT2D eigenvalue weighted by molar-refractivity contribution is 6.02. The maximum absolute atomic E-state index is 12.9. The summed E-state index contributed by atoms with van der Waals surface area (Å²) in [4.78, 5) is 26.2. The van der Waals surface area contributed by atoms with E-state index < -0.39 is 0 Å². The number of nitrogens with zero attached hydrogens (tertiary/aromatic N) is 3. The SMILES string of the molecule is CN(Cc1ccc(F)cc1)C(=O)CCC(=O)N1CCC(c2ccccc2)=N1. The smallest absolute Gasteiger partial charge is 0.243 e. The van der Waals surface area contributed by atoms with Crippen LogP contribution in [0.2, 0.25) is 0 Å². The van der Waals surface area contributed by atoms with Crippen LogP contribution in [0.5, 0.6) is 0 Å². The first-order valence-electron chi connectivity index (χ1n) is 8.94. The van der Waals surface area contributed by atoms with Crippen molar-refractivity contribution in [1.29, 1.82) is 0 Å². The fourth-order valence-corrected chi connectivity index (χ4v) is 2.96. The number of hydrazone groups is 1. The summed E-state index contributed by atoms with van der Waals surface area (Å²) in [6.45, 7) is 0.927. The molecule has 0 unspecified atom stereocenters. The average Bonchev–Trinajstić information content (AvgIpc) is 3.18. The monoisotopic (exact) mass is 367 g/mol. The Morgan fingerprint density at radius 2 is 1.78 bits per heavy atom. The molecule has 2 aromatic rings. The van der Waals surface area contributed by atoms with Gasteiger partial charge in [0.1, 0.15) is 5.82 Å². The summed E-state index contributed by atoms with van der Waals surface area (Å²) < 4.78 is 12.9. The standard InChI is InChI=1S/C21H22FN3O2/c1-24(15-16-7-9-18(22)10-8-16)20(26)11-12-21(27)25-14-13-19(23-25)17-5-3-2-4-6-17/h2-10H,11-15H2,1H3. The predicted molar refractivity (Wildman–Crippen MR) is 101 cm³/mol. The van der Waals surface area contributed by atoms with Crippen LogP contribution in [-0.2, 0) is 16.1 Å². The lowest BCUT2D eigenvalue weighted by Gasteiger charge is -2.18. The van der Waals surface area contributed by atoms with Gasteiger partial charge in [-0.25, -0.2) is 9.40 Å². The molecule has 1 heterocycles. The molecule has 140 valence electrons. The average molecular weight is 367 g/mol. The van der Waals surface area contributed by atoms with Crippen LogP contribution in [0.15, 0.2) is 59.7 Å². The van der Waals surface area contributed by atoms with E-state index in [0.717, 1.165) is 16.8 Å². The van der Waals surface area contributed by atoms with Crippen LogP contribution in [0.1, 0.15) is 30.4 Å². The molecule has 27 heavy (non-hydrogen) atoms. The van der Waals surface area contributed by atoms with Gasteiger partial charge >= 0.3 is 0 Å². The Morgan fingerprint density at radius 1 is 1.07 bits per heavy atom. The summed E-state index contributed by atoms with van der Waals surface area (Å²) in [6.07, 6.45) is 0.968. The Bertz CT molecular complexity index is 834. The molecule has 5 nitrogen and oxygen atoms in total. The molecule has 1 aliphatic heterocycles. The van der Waals surface area contributed by atoms with Gasteiger partial charge in [-0.3, -0.25) is 9.59 Å². The number of amides is 2. The van der Waals surface area contributed by atoms with Crippen molar-refractivity contribution in [3.8, 4) is 0 Å². The second-order valence-corrected chi connectivity index (χ2v) is 6.56. The molecule has 0 saturated heterocycles. The van der Waals surface area contributed by atoms with Crippen LogP contribution in [-0.4, -0.2) is 41.0 Å². The number of hydrogen-bond acceptors (Lipinski definition) is 3. The molecular formula is C21H22FN3O2. The molecule has 0 fully saturated rings. The molecule has 6 heteroatoms. The van der Waals surface area contributed by atoms with Gasteiger partial charge in [0.2, 0.25) is 11.8 Å². The van der Waals surface area contributed by atoms with E-state index in [2.05, 4.69) is 5.10 Å². The van der Waals surface area contributed by atoms with Crippen molar-refractivity contribution in [2.24, 2.45) is 5.10 Å². The minimum Gasteiger partial charge on any atom is -0.341 e. The quantitative estimate of drug-likeness (QED) is 0.787. The van der Waals surface area contributed by atoms with Crippen LogP contribution in [0.25, 0.3) is 0 Å². The zero-order valence-electron chi connectivity index (χ0n) is 15.3. The third-order valence-corrected chi connectivity index (χ3v) is 4.51. The highest BCUT2D eigenvalue weighted by Crippen LogP contribution is 2.15. The summed E-state index contributed by atoms with van der Waals surface area (Å²) in [5.74, 6) is -0.581. The van der Waals surface area contributed by atoms with Gasteiger partial charge in [0, 0.05) is 32.9 Å². The van der Waals surface area contributed by atoms with E-state index in [-0.39, 0.29) is 30.5 Å². The van der Waals surface area contributed by atoms with Gasteiger partial charge in [-0.05, 0) is 23.3 Å².